The molecule has 0 saturated carbocycles. The fourth-order valence-corrected chi connectivity index (χ4v) is 2.61. The Morgan fingerprint density at radius 1 is 1.19 bits per heavy atom. The van der Waals surface area contributed by atoms with Gasteiger partial charge in [-0.3, -0.25) is 4.79 Å². The molecule has 2 N–H and O–H groups in total. The maximum Gasteiger partial charge on any atom is 0.341 e. The van der Waals surface area contributed by atoms with Gasteiger partial charge >= 0.3 is 5.97 Å². The number of anilines is 1. The molecular weight excluding hydrogens is 270 g/mol. The van der Waals surface area contributed by atoms with Crippen molar-refractivity contribution < 1.29 is 9.90 Å². The molecule has 21 heavy (non-hydrogen) atoms. The highest BCUT2D eigenvalue weighted by atomic mass is 16.4. The van der Waals surface area contributed by atoms with Gasteiger partial charge in [-0.05, 0) is 31.3 Å². The number of carboxylic acid groups (broad SMARTS) is 1. The molecule has 110 valence electrons. The molecule has 0 spiro atoms. The molecule has 0 unspecified atom stereocenters. The average molecular weight is 287 g/mol. The third-order valence-corrected chi connectivity index (χ3v) is 3.93. The molecule has 1 fully saturated rings. The first-order valence-electron chi connectivity index (χ1n) is 6.88. The van der Waals surface area contributed by atoms with Crippen LogP contribution in [0.1, 0.15) is 10.4 Å². The van der Waals surface area contributed by atoms with Gasteiger partial charge in [0.1, 0.15) is 5.56 Å². The minimum atomic E-state index is -1.21. The van der Waals surface area contributed by atoms with Crippen LogP contribution in [0.15, 0.2) is 29.1 Å². The summed E-state index contributed by atoms with van der Waals surface area (Å²) in [5.74, 6) is -1.21. The maximum absolute atomic E-state index is 11.6. The zero-order valence-corrected chi connectivity index (χ0v) is 11.8. The number of aromatic nitrogens is 1. The van der Waals surface area contributed by atoms with E-state index in [9.17, 15) is 9.59 Å². The molecule has 0 aliphatic carbocycles. The maximum atomic E-state index is 11.6. The minimum Gasteiger partial charge on any atom is -0.477 e. The van der Waals surface area contributed by atoms with Crippen LogP contribution in [-0.4, -0.2) is 54.2 Å². The second-order valence-electron chi connectivity index (χ2n) is 5.38. The van der Waals surface area contributed by atoms with Gasteiger partial charge in [0.05, 0.1) is 0 Å². The predicted octanol–water partition coefficient (Wildman–Crippen LogP) is 0.978. The number of carbonyl (C=O) groups is 1. The van der Waals surface area contributed by atoms with E-state index < -0.39 is 11.5 Å². The van der Waals surface area contributed by atoms with Crippen LogP contribution in [0.25, 0.3) is 10.9 Å². The number of nitrogens with one attached hydrogen (secondary N) is 1. The van der Waals surface area contributed by atoms with Crippen molar-refractivity contribution in [2.24, 2.45) is 0 Å². The lowest BCUT2D eigenvalue weighted by atomic mass is 10.1. The van der Waals surface area contributed by atoms with Crippen molar-refractivity contribution >= 4 is 22.6 Å². The van der Waals surface area contributed by atoms with E-state index in [0.717, 1.165) is 37.3 Å². The van der Waals surface area contributed by atoms with Crippen LogP contribution in [0.5, 0.6) is 0 Å². The average Bonchev–Trinajstić information content (AvgIpc) is 2.46. The van der Waals surface area contributed by atoms with E-state index in [1.807, 2.05) is 18.2 Å². The Morgan fingerprint density at radius 3 is 2.57 bits per heavy atom. The topological polar surface area (TPSA) is 76.6 Å². The molecule has 0 radical (unpaired) electrons. The summed E-state index contributed by atoms with van der Waals surface area (Å²) in [6, 6.07) is 7.17. The predicted molar refractivity (Wildman–Crippen MR) is 81.2 cm³/mol. The van der Waals surface area contributed by atoms with Gasteiger partial charge in [-0.2, -0.15) is 0 Å². The number of fused-ring (bicyclic) bond motifs is 1. The van der Waals surface area contributed by atoms with Crippen LogP contribution in [0.3, 0.4) is 0 Å². The Morgan fingerprint density at radius 2 is 1.90 bits per heavy atom. The SMILES string of the molecule is CN1CCN(c2ccc3[nH]c(=O)c(C(=O)O)cc3c2)CC1. The van der Waals surface area contributed by atoms with Crippen molar-refractivity contribution in [3.05, 3.63) is 40.2 Å². The zero-order chi connectivity index (χ0) is 15.0. The van der Waals surface area contributed by atoms with Crippen LogP contribution in [0, 0.1) is 0 Å². The number of H-pyrrole nitrogens is 1. The summed E-state index contributed by atoms with van der Waals surface area (Å²) >= 11 is 0. The smallest absolute Gasteiger partial charge is 0.341 e. The molecule has 2 heterocycles. The number of benzene rings is 1. The van der Waals surface area contributed by atoms with Crippen molar-refractivity contribution in [2.75, 3.05) is 38.1 Å². The van der Waals surface area contributed by atoms with E-state index in [-0.39, 0.29) is 5.56 Å². The highest BCUT2D eigenvalue weighted by molar-refractivity contribution is 5.93. The van der Waals surface area contributed by atoms with Crippen molar-refractivity contribution in [3.8, 4) is 0 Å². The molecule has 1 aromatic carbocycles. The number of piperazine rings is 1. The molecule has 2 aromatic rings. The summed E-state index contributed by atoms with van der Waals surface area (Å²) in [5, 5.41) is 9.78. The number of hydrogen-bond acceptors (Lipinski definition) is 4. The standard InChI is InChI=1S/C15H17N3O3/c1-17-4-6-18(7-5-17)11-2-3-13-10(8-11)9-12(15(20)21)14(19)16-13/h2-3,8-9H,4-7H2,1H3,(H,16,19)(H,20,21). The molecule has 6 nitrogen and oxygen atoms in total. The quantitative estimate of drug-likeness (QED) is 0.861. The Bertz CT molecular complexity index is 745. The van der Waals surface area contributed by atoms with E-state index >= 15 is 0 Å². The molecule has 1 aliphatic rings. The number of nitrogens with zero attached hydrogens (tertiary/aromatic N) is 2. The molecule has 0 amide bonds. The monoisotopic (exact) mass is 287 g/mol. The van der Waals surface area contributed by atoms with Crippen LogP contribution in [0.4, 0.5) is 5.69 Å². The van der Waals surface area contributed by atoms with Gasteiger partial charge in [0.25, 0.3) is 5.56 Å². The number of rotatable bonds is 2. The number of likely N-dealkylation sites (N-methyl/N-ethyl adjacent to an activating group) is 1. The van der Waals surface area contributed by atoms with Crippen LogP contribution in [-0.2, 0) is 0 Å². The molecule has 1 aliphatic heterocycles. The third kappa shape index (κ3) is 2.62. The first-order chi connectivity index (χ1) is 10.0. The summed E-state index contributed by atoms with van der Waals surface area (Å²) < 4.78 is 0. The Labute approximate surface area is 121 Å². The van der Waals surface area contributed by atoms with Gasteiger partial charge in [-0.25, -0.2) is 4.79 Å². The lowest BCUT2D eigenvalue weighted by molar-refractivity contribution is 0.0695. The number of carboxylic acids is 1. The van der Waals surface area contributed by atoms with E-state index in [0.29, 0.717) is 5.52 Å². The van der Waals surface area contributed by atoms with E-state index in [1.165, 1.54) is 6.07 Å². The first kappa shape index (κ1) is 13.6. The summed E-state index contributed by atoms with van der Waals surface area (Å²) in [6.07, 6.45) is 0. The highest BCUT2D eigenvalue weighted by Crippen LogP contribution is 2.22. The lowest BCUT2D eigenvalue weighted by Crippen LogP contribution is -2.44. The molecule has 0 atom stereocenters. The minimum absolute atomic E-state index is 0.224. The number of hydrogen-bond donors (Lipinski definition) is 2. The Kier molecular flexibility index (Phi) is 3.39. The van der Waals surface area contributed by atoms with Gasteiger partial charge in [0, 0.05) is 42.8 Å². The number of pyridine rings is 1. The van der Waals surface area contributed by atoms with Crippen molar-refractivity contribution in [1.29, 1.82) is 0 Å². The second kappa shape index (κ2) is 5.21. The normalized spacial score (nSPS) is 16.3. The summed E-state index contributed by atoms with van der Waals surface area (Å²) in [5.41, 5.74) is 0.919. The van der Waals surface area contributed by atoms with E-state index in [1.54, 1.807) is 0 Å². The largest absolute Gasteiger partial charge is 0.477 e. The Hall–Kier alpha value is -2.34. The lowest BCUT2D eigenvalue weighted by Gasteiger charge is -2.34. The molecule has 6 heteroatoms. The van der Waals surface area contributed by atoms with Gasteiger partial charge < -0.3 is 19.9 Å². The van der Waals surface area contributed by atoms with Gasteiger partial charge in [-0.15, -0.1) is 0 Å². The highest BCUT2D eigenvalue weighted by Gasteiger charge is 2.15. The van der Waals surface area contributed by atoms with Crippen LogP contribution >= 0.6 is 0 Å². The molecule has 1 aromatic heterocycles. The molecule has 0 bridgehead atoms. The van der Waals surface area contributed by atoms with Crippen molar-refractivity contribution in [2.45, 2.75) is 0 Å². The van der Waals surface area contributed by atoms with Crippen molar-refractivity contribution in [3.63, 3.8) is 0 Å². The zero-order valence-electron chi connectivity index (χ0n) is 11.8. The second-order valence-corrected chi connectivity index (χ2v) is 5.38. The van der Waals surface area contributed by atoms with Crippen LogP contribution < -0.4 is 10.5 Å². The molecule has 1 saturated heterocycles. The van der Waals surface area contributed by atoms with Crippen molar-refractivity contribution in [1.82, 2.24) is 9.88 Å². The fraction of sp³-hybridized carbons (Fsp3) is 0.333. The van der Waals surface area contributed by atoms with Gasteiger partial charge in [0.2, 0.25) is 0 Å². The fourth-order valence-electron chi connectivity index (χ4n) is 2.61. The molecular formula is C15H17N3O3. The summed E-state index contributed by atoms with van der Waals surface area (Å²) in [6.45, 7) is 3.89. The number of aromatic carboxylic acids is 1. The first-order valence-corrected chi connectivity index (χ1v) is 6.88. The van der Waals surface area contributed by atoms with Gasteiger partial charge in [-0.1, -0.05) is 0 Å². The third-order valence-electron chi connectivity index (χ3n) is 3.93. The van der Waals surface area contributed by atoms with Gasteiger partial charge in [0.15, 0.2) is 0 Å². The Balaban J connectivity index is 2.01. The van der Waals surface area contributed by atoms with E-state index in [2.05, 4.69) is 21.8 Å². The van der Waals surface area contributed by atoms with Crippen LogP contribution in [0.2, 0.25) is 0 Å². The molecule has 3 rings (SSSR count). The summed E-state index contributed by atoms with van der Waals surface area (Å²) in [7, 11) is 2.10. The van der Waals surface area contributed by atoms with E-state index in [4.69, 9.17) is 5.11 Å². The summed E-state index contributed by atoms with van der Waals surface area (Å²) in [4.78, 5) is 29.9. The number of aromatic amines is 1.